The van der Waals surface area contributed by atoms with Crippen molar-refractivity contribution in [3.8, 4) is 0 Å². The molecule has 0 atom stereocenters. The summed E-state index contributed by atoms with van der Waals surface area (Å²) in [5.41, 5.74) is 3.31. The van der Waals surface area contributed by atoms with Gasteiger partial charge in [0.2, 0.25) is 0 Å². The van der Waals surface area contributed by atoms with E-state index in [4.69, 9.17) is 0 Å². The quantitative estimate of drug-likeness (QED) is 0.307. The molecule has 0 aliphatic rings. The van der Waals surface area contributed by atoms with E-state index in [9.17, 15) is 14.9 Å². The van der Waals surface area contributed by atoms with Crippen LogP contribution < -0.4 is 10.9 Å². The molecule has 1 N–H and O–H groups in total. The maximum atomic E-state index is 12.5. The number of nitrogens with one attached hydrogen (secondary N) is 1. The maximum Gasteiger partial charge on any atom is 0.278 e. The van der Waals surface area contributed by atoms with E-state index >= 15 is 0 Å². The summed E-state index contributed by atoms with van der Waals surface area (Å²) >= 11 is 0. The lowest BCUT2D eigenvalue weighted by molar-refractivity contribution is -0.383. The molecule has 4 aromatic rings. The first-order valence-electron chi connectivity index (χ1n) is 9.28. The number of aryl methyl sites for hydroxylation is 2. The van der Waals surface area contributed by atoms with Crippen LogP contribution in [0.25, 0.3) is 21.9 Å². The predicted molar refractivity (Wildman–Crippen MR) is 112 cm³/mol. The fraction of sp³-hybridized carbons (Fsp3) is 0.190. The smallest absolute Gasteiger partial charge is 0.278 e. The molecule has 2 heterocycles. The van der Waals surface area contributed by atoms with Gasteiger partial charge in [-0.05, 0) is 43.7 Å². The normalized spacial score (nSPS) is 11.1. The number of nitro benzene ring substituents is 1. The number of nitro groups is 1. The van der Waals surface area contributed by atoms with Crippen LogP contribution in [0.3, 0.4) is 0 Å². The van der Waals surface area contributed by atoms with E-state index < -0.39 is 4.92 Å². The first-order chi connectivity index (χ1) is 14.1. The summed E-state index contributed by atoms with van der Waals surface area (Å²) in [4.78, 5) is 32.0. The Balaban J connectivity index is 1.53. The third-order valence-electron chi connectivity index (χ3n) is 4.83. The van der Waals surface area contributed by atoms with Crippen LogP contribution in [0, 0.1) is 17.0 Å². The summed E-state index contributed by atoms with van der Waals surface area (Å²) < 4.78 is 1.74. The Morgan fingerprint density at radius 2 is 1.97 bits per heavy atom. The van der Waals surface area contributed by atoms with Crippen LogP contribution in [-0.4, -0.2) is 26.0 Å². The van der Waals surface area contributed by atoms with Gasteiger partial charge >= 0.3 is 0 Å². The second-order valence-corrected chi connectivity index (χ2v) is 6.71. The van der Waals surface area contributed by atoms with Crippen molar-refractivity contribution in [3.63, 3.8) is 0 Å². The Morgan fingerprint density at radius 3 is 2.79 bits per heavy atom. The highest BCUT2D eigenvalue weighted by molar-refractivity contribution is 5.96. The Kier molecular flexibility index (Phi) is 4.90. The molecule has 0 fully saturated rings. The lowest BCUT2D eigenvalue weighted by Crippen LogP contribution is -2.25. The lowest BCUT2D eigenvalue weighted by atomic mass is 10.1. The van der Waals surface area contributed by atoms with Crippen molar-refractivity contribution in [2.24, 2.45) is 0 Å². The number of non-ortho nitro benzene ring substituents is 1. The van der Waals surface area contributed by atoms with Crippen molar-refractivity contribution in [2.45, 2.75) is 19.9 Å². The minimum atomic E-state index is -0.406. The van der Waals surface area contributed by atoms with Crippen LogP contribution in [0.4, 0.5) is 11.4 Å². The Bertz CT molecular complexity index is 1280. The highest BCUT2D eigenvalue weighted by atomic mass is 16.6. The van der Waals surface area contributed by atoms with Crippen molar-refractivity contribution >= 4 is 33.3 Å². The molecule has 0 radical (unpaired) electrons. The molecule has 0 aliphatic carbocycles. The molecule has 8 heteroatoms. The van der Waals surface area contributed by atoms with E-state index in [1.54, 1.807) is 35.9 Å². The largest absolute Gasteiger partial charge is 0.383 e. The molecule has 0 amide bonds. The van der Waals surface area contributed by atoms with Gasteiger partial charge in [-0.1, -0.05) is 12.1 Å². The third-order valence-corrected chi connectivity index (χ3v) is 4.83. The fourth-order valence-electron chi connectivity index (χ4n) is 3.46. The van der Waals surface area contributed by atoms with Crippen molar-refractivity contribution in [2.75, 3.05) is 11.9 Å². The van der Waals surface area contributed by atoms with E-state index in [1.165, 1.54) is 6.07 Å². The van der Waals surface area contributed by atoms with Crippen LogP contribution in [0.1, 0.15) is 12.1 Å². The minimum Gasteiger partial charge on any atom is -0.383 e. The first kappa shape index (κ1) is 18.5. The number of hydrogen-bond acceptors (Lipinski definition) is 6. The Hall–Kier alpha value is -3.81. The van der Waals surface area contributed by atoms with Crippen LogP contribution in [0.15, 0.2) is 59.5 Å². The zero-order valence-electron chi connectivity index (χ0n) is 15.8. The molecule has 0 unspecified atom stereocenters. The molecule has 0 spiro atoms. The lowest BCUT2D eigenvalue weighted by Gasteiger charge is -2.12. The van der Waals surface area contributed by atoms with Crippen molar-refractivity contribution in [1.82, 2.24) is 14.5 Å². The Labute approximate surface area is 166 Å². The standard InChI is InChI=1S/C21H19N5O3/c1-14-21(27)25(19-8-3-2-7-16(19)24-14)13-5-12-22-17-9-10-18(26(28)29)15-6-4-11-23-20(15)17/h2-4,6-11,22H,5,12-13H2,1H3. The van der Waals surface area contributed by atoms with Gasteiger partial charge in [0.05, 0.1) is 27.0 Å². The third kappa shape index (κ3) is 3.52. The number of pyridine rings is 1. The van der Waals surface area contributed by atoms with Gasteiger partial charge in [-0.3, -0.25) is 19.9 Å². The summed E-state index contributed by atoms with van der Waals surface area (Å²) in [6.07, 6.45) is 2.31. The molecule has 0 bridgehead atoms. The van der Waals surface area contributed by atoms with Gasteiger partial charge in [-0.15, -0.1) is 0 Å². The highest BCUT2D eigenvalue weighted by Gasteiger charge is 2.14. The summed E-state index contributed by atoms with van der Waals surface area (Å²) in [6, 6.07) is 14.1. The fourth-order valence-corrected chi connectivity index (χ4v) is 3.46. The molecule has 0 aliphatic heterocycles. The summed E-state index contributed by atoms with van der Waals surface area (Å²) in [5.74, 6) is 0. The average Bonchev–Trinajstić information content (AvgIpc) is 2.73. The first-order valence-corrected chi connectivity index (χ1v) is 9.28. The molecule has 0 saturated carbocycles. The molecule has 146 valence electrons. The van der Waals surface area contributed by atoms with E-state index in [2.05, 4.69) is 15.3 Å². The summed E-state index contributed by atoms with van der Waals surface area (Å²) in [7, 11) is 0. The van der Waals surface area contributed by atoms with E-state index in [1.807, 2.05) is 24.3 Å². The summed E-state index contributed by atoms with van der Waals surface area (Å²) in [5, 5.41) is 15.0. The van der Waals surface area contributed by atoms with E-state index in [0.29, 0.717) is 36.1 Å². The number of hydrogen-bond donors (Lipinski definition) is 1. The number of para-hydroxylation sites is 2. The summed E-state index contributed by atoms with van der Waals surface area (Å²) in [6.45, 7) is 2.85. The number of nitrogens with zero attached hydrogens (tertiary/aromatic N) is 4. The molecular formula is C21H19N5O3. The number of rotatable bonds is 6. The molecular weight excluding hydrogens is 370 g/mol. The average molecular weight is 389 g/mol. The number of benzene rings is 2. The van der Waals surface area contributed by atoms with Gasteiger partial charge in [0.1, 0.15) is 11.2 Å². The van der Waals surface area contributed by atoms with Crippen LogP contribution >= 0.6 is 0 Å². The van der Waals surface area contributed by atoms with Gasteiger partial charge in [0.25, 0.3) is 11.2 Å². The van der Waals surface area contributed by atoms with Gasteiger partial charge in [0.15, 0.2) is 0 Å². The molecule has 2 aromatic carbocycles. The monoisotopic (exact) mass is 389 g/mol. The number of anilines is 1. The zero-order chi connectivity index (χ0) is 20.4. The second-order valence-electron chi connectivity index (χ2n) is 6.71. The SMILES string of the molecule is Cc1nc2ccccc2n(CCCNc2ccc([N+](=O)[O-])c3cccnc23)c1=O. The molecule has 2 aromatic heterocycles. The predicted octanol–water partition coefficient (Wildman–Crippen LogP) is 3.66. The zero-order valence-corrected chi connectivity index (χ0v) is 15.8. The van der Waals surface area contributed by atoms with Crippen LogP contribution in [0.2, 0.25) is 0 Å². The van der Waals surface area contributed by atoms with Crippen LogP contribution in [0.5, 0.6) is 0 Å². The van der Waals surface area contributed by atoms with Gasteiger partial charge < -0.3 is 9.88 Å². The second kappa shape index (κ2) is 7.67. The van der Waals surface area contributed by atoms with E-state index in [-0.39, 0.29) is 11.2 Å². The number of aromatic nitrogens is 3. The number of fused-ring (bicyclic) bond motifs is 2. The van der Waals surface area contributed by atoms with Crippen LogP contribution in [-0.2, 0) is 6.54 Å². The highest BCUT2D eigenvalue weighted by Crippen LogP contribution is 2.29. The topological polar surface area (TPSA) is 103 Å². The van der Waals surface area contributed by atoms with Crippen molar-refractivity contribution in [1.29, 1.82) is 0 Å². The molecule has 0 saturated heterocycles. The van der Waals surface area contributed by atoms with Crippen molar-refractivity contribution < 1.29 is 4.92 Å². The molecule has 8 nitrogen and oxygen atoms in total. The van der Waals surface area contributed by atoms with Gasteiger partial charge in [0, 0.05) is 25.4 Å². The molecule has 4 rings (SSSR count). The van der Waals surface area contributed by atoms with Gasteiger partial charge in [-0.25, -0.2) is 4.98 Å². The Morgan fingerprint density at radius 1 is 1.14 bits per heavy atom. The van der Waals surface area contributed by atoms with Gasteiger partial charge in [-0.2, -0.15) is 0 Å². The molecule has 29 heavy (non-hydrogen) atoms. The van der Waals surface area contributed by atoms with Crippen molar-refractivity contribution in [3.05, 3.63) is 80.9 Å². The van der Waals surface area contributed by atoms with E-state index in [0.717, 1.165) is 16.7 Å². The maximum absolute atomic E-state index is 12.5. The minimum absolute atomic E-state index is 0.0314.